The lowest BCUT2D eigenvalue weighted by Crippen LogP contribution is -2.67. The molecule has 1 unspecified atom stereocenters. The molecule has 0 saturated carbocycles. The third-order valence-corrected chi connectivity index (χ3v) is 2.63. The van der Waals surface area contributed by atoms with Crippen molar-refractivity contribution in [2.75, 3.05) is 7.05 Å². The molecule has 1 atom stereocenters. The van der Waals surface area contributed by atoms with E-state index < -0.39 is 23.0 Å². The summed E-state index contributed by atoms with van der Waals surface area (Å²) < 4.78 is 0. The van der Waals surface area contributed by atoms with Gasteiger partial charge >= 0.3 is 12.1 Å². The highest BCUT2D eigenvalue weighted by atomic mass is 35.5. The highest BCUT2D eigenvalue weighted by molar-refractivity contribution is 6.52. The number of carbonyl (C=O) groups is 3. The predicted molar refractivity (Wildman–Crippen MR) is 45.9 cm³/mol. The fourth-order valence-electron chi connectivity index (χ4n) is 1.23. The minimum Gasteiger partial charge on any atom is -0.292 e. The van der Waals surface area contributed by atoms with Crippen LogP contribution in [0, 0.1) is 0 Å². The second-order valence-electron chi connectivity index (χ2n) is 2.83. The van der Waals surface area contributed by atoms with Crippen molar-refractivity contribution in [3.63, 3.8) is 0 Å². The van der Waals surface area contributed by atoms with E-state index in [-0.39, 0.29) is 5.84 Å². The molecule has 5 amide bonds. The summed E-state index contributed by atoms with van der Waals surface area (Å²) >= 11 is 5.88. The molecule has 2 heterocycles. The van der Waals surface area contributed by atoms with Gasteiger partial charge in [-0.15, -0.1) is 0 Å². The number of carbonyl (C=O) groups excluding carboxylic acids is 3. The highest BCUT2D eigenvalue weighted by Crippen LogP contribution is 2.28. The number of hydrogen-bond donors (Lipinski definition) is 2. The largest absolute Gasteiger partial charge is 0.347 e. The van der Waals surface area contributed by atoms with Gasteiger partial charge in [0.05, 0.1) is 0 Å². The Morgan fingerprint density at radius 2 is 2.00 bits per heavy atom. The first-order valence-electron chi connectivity index (χ1n) is 3.64. The molecule has 0 spiro atoms. The Balaban J connectivity index is 2.50. The second kappa shape index (κ2) is 2.44. The maximum Gasteiger partial charge on any atom is 0.347 e. The van der Waals surface area contributed by atoms with Crippen molar-refractivity contribution in [3.05, 3.63) is 0 Å². The maximum absolute atomic E-state index is 11.4. The van der Waals surface area contributed by atoms with E-state index in [4.69, 9.17) is 11.6 Å². The number of likely N-dealkylation sites (N-methyl/N-ethyl adjacent to an activating group) is 1. The third kappa shape index (κ3) is 0.869. The van der Waals surface area contributed by atoms with E-state index in [1.165, 1.54) is 7.05 Å². The zero-order valence-electron chi connectivity index (χ0n) is 7.00. The number of halogens is 1. The molecule has 2 rings (SSSR count). The van der Waals surface area contributed by atoms with Gasteiger partial charge in [-0.25, -0.2) is 9.59 Å². The summed E-state index contributed by atoms with van der Waals surface area (Å²) in [6.45, 7) is 0. The van der Waals surface area contributed by atoms with Crippen LogP contribution in [0.5, 0.6) is 0 Å². The van der Waals surface area contributed by atoms with Crippen LogP contribution in [-0.2, 0) is 4.79 Å². The smallest absolute Gasteiger partial charge is 0.292 e. The van der Waals surface area contributed by atoms with Crippen molar-refractivity contribution in [2.24, 2.45) is 4.99 Å². The fraction of sp³-hybridized carbons (Fsp3) is 0.333. The Morgan fingerprint density at radius 1 is 1.36 bits per heavy atom. The Hall–Kier alpha value is -1.63. The average Bonchev–Trinajstić information content (AvgIpc) is 2.31. The summed E-state index contributed by atoms with van der Waals surface area (Å²) in [6.07, 6.45) is 0. The van der Waals surface area contributed by atoms with E-state index in [1.807, 2.05) is 5.32 Å². The van der Waals surface area contributed by atoms with Crippen LogP contribution >= 0.6 is 11.6 Å². The number of amides is 5. The molecule has 2 aliphatic heterocycles. The summed E-state index contributed by atoms with van der Waals surface area (Å²) in [6, 6.07) is -1.42. The van der Waals surface area contributed by atoms with E-state index in [9.17, 15) is 14.4 Å². The van der Waals surface area contributed by atoms with Gasteiger partial charge < -0.3 is 0 Å². The van der Waals surface area contributed by atoms with Gasteiger partial charge in [0.1, 0.15) is 0 Å². The van der Waals surface area contributed by atoms with Crippen LogP contribution in [0.4, 0.5) is 9.59 Å². The zero-order chi connectivity index (χ0) is 10.5. The van der Waals surface area contributed by atoms with Crippen molar-refractivity contribution in [3.8, 4) is 0 Å². The normalized spacial score (nSPS) is 30.9. The van der Waals surface area contributed by atoms with Gasteiger partial charge in [0.2, 0.25) is 0 Å². The molecule has 0 aromatic heterocycles. The third-order valence-electron chi connectivity index (χ3n) is 2.03. The number of fused-ring (bicyclic) bond motifs is 1. The molecule has 0 bridgehead atoms. The number of imide groups is 1. The van der Waals surface area contributed by atoms with Crippen molar-refractivity contribution in [2.45, 2.75) is 5.00 Å². The summed E-state index contributed by atoms with van der Waals surface area (Å²) in [5.41, 5.74) is 0. The van der Waals surface area contributed by atoms with Crippen LogP contribution in [0.25, 0.3) is 0 Å². The van der Waals surface area contributed by atoms with Crippen LogP contribution in [-0.4, -0.2) is 40.8 Å². The molecule has 0 aromatic carbocycles. The highest BCUT2D eigenvalue weighted by Gasteiger charge is 2.56. The molecule has 2 N–H and O–H groups in total. The molecule has 8 heteroatoms. The maximum atomic E-state index is 11.4. The van der Waals surface area contributed by atoms with Gasteiger partial charge in [-0.1, -0.05) is 11.6 Å². The van der Waals surface area contributed by atoms with E-state index in [0.29, 0.717) is 0 Å². The number of rotatable bonds is 0. The number of alkyl halides is 1. The van der Waals surface area contributed by atoms with Crippen LogP contribution in [0.3, 0.4) is 0 Å². The first kappa shape index (κ1) is 8.95. The Labute approximate surface area is 83.1 Å². The van der Waals surface area contributed by atoms with Crippen LogP contribution in [0.15, 0.2) is 4.99 Å². The predicted octanol–water partition coefficient (Wildman–Crippen LogP) is -0.775. The Bertz CT molecular complexity index is 393. The molecule has 1 saturated heterocycles. The summed E-state index contributed by atoms with van der Waals surface area (Å²) in [7, 11) is 1.32. The quantitative estimate of drug-likeness (QED) is 0.411. The van der Waals surface area contributed by atoms with Gasteiger partial charge in [-0.05, 0) is 0 Å². The van der Waals surface area contributed by atoms with E-state index >= 15 is 0 Å². The number of nitrogens with one attached hydrogen (secondary N) is 2. The van der Waals surface area contributed by atoms with Crippen molar-refractivity contribution in [1.82, 2.24) is 15.5 Å². The summed E-state index contributed by atoms with van der Waals surface area (Å²) in [5, 5.41) is 4.14. The molecule has 7 nitrogen and oxygen atoms in total. The minimum atomic E-state index is -1.72. The van der Waals surface area contributed by atoms with E-state index in [2.05, 4.69) is 10.3 Å². The Morgan fingerprint density at radius 3 is 2.64 bits per heavy atom. The Kier molecular flexibility index (Phi) is 1.56. The number of nitrogens with zero attached hydrogens (tertiary/aromatic N) is 2. The van der Waals surface area contributed by atoms with Crippen LogP contribution in [0.2, 0.25) is 0 Å². The second-order valence-corrected chi connectivity index (χ2v) is 3.38. The molecular formula is C6H5ClN4O3. The topological polar surface area (TPSA) is 90.9 Å². The SMILES string of the molecule is CN1C(=O)N=C2NC(=O)NC(=O)C21Cl. The van der Waals surface area contributed by atoms with Crippen molar-refractivity contribution in [1.29, 1.82) is 0 Å². The first-order valence-corrected chi connectivity index (χ1v) is 4.02. The minimum absolute atomic E-state index is 0.152. The number of hydrogen-bond acceptors (Lipinski definition) is 3. The summed E-state index contributed by atoms with van der Waals surface area (Å²) in [4.78, 5) is 36.0. The van der Waals surface area contributed by atoms with E-state index in [1.54, 1.807) is 0 Å². The van der Waals surface area contributed by atoms with Crippen molar-refractivity contribution < 1.29 is 14.4 Å². The molecule has 0 aromatic rings. The molecule has 0 aliphatic carbocycles. The van der Waals surface area contributed by atoms with Gasteiger partial charge in [-0.2, -0.15) is 4.99 Å². The lowest BCUT2D eigenvalue weighted by Gasteiger charge is -2.31. The standard InChI is InChI=1S/C6H5ClN4O3/c1-11-5(14)9-2-6(11,7)3(12)10-4(13)8-2/h1H3,(H2,8,9,10,12,13,14). The van der Waals surface area contributed by atoms with Crippen LogP contribution in [0.1, 0.15) is 0 Å². The molecule has 2 aliphatic rings. The van der Waals surface area contributed by atoms with Gasteiger partial charge in [0.15, 0.2) is 5.84 Å². The number of urea groups is 2. The summed E-state index contributed by atoms with van der Waals surface area (Å²) in [5.74, 6) is -0.935. The fourth-order valence-corrected chi connectivity index (χ4v) is 1.44. The number of aliphatic imine (C=N–C) groups is 1. The van der Waals surface area contributed by atoms with Crippen LogP contribution < -0.4 is 10.6 Å². The molecule has 74 valence electrons. The molecule has 1 fully saturated rings. The lowest BCUT2D eigenvalue weighted by molar-refractivity contribution is -0.123. The average molecular weight is 217 g/mol. The molecular weight excluding hydrogens is 212 g/mol. The number of amidine groups is 1. The van der Waals surface area contributed by atoms with Gasteiger partial charge in [0, 0.05) is 7.05 Å². The molecule has 14 heavy (non-hydrogen) atoms. The zero-order valence-corrected chi connectivity index (χ0v) is 7.75. The van der Waals surface area contributed by atoms with Gasteiger partial charge in [0.25, 0.3) is 10.9 Å². The first-order chi connectivity index (χ1) is 6.46. The monoisotopic (exact) mass is 216 g/mol. The molecule has 0 radical (unpaired) electrons. The van der Waals surface area contributed by atoms with Crippen molar-refractivity contribution >= 4 is 35.4 Å². The van der Waals surface area contributed by atoms with E-state index in [0.717, 1.165) is 4.90 Å². The van der Waals surface area contributed by atoms with Gasteiger partial charge in [-0.3, -0.25) is 20.3 Å². The lowest BCUT2D eigenvalue weighted by atomic mass is 10.2.